The first-order valence-corrected chi connectivity index (χ1v) is 7.13. The van der Waals surface area contributed by atoms with Crippen LogP contribution in [0.3, 0.4) is 0 Å². The largest absolute Gasteiger partial charge is 0.329 e. The molecule has 0 aliphatic heterocycles. The van der Waals surface area contributed by atoms with Gasteiger partial charge in [0.1, 0.15) is 0 Å². The molecule has 2 heteroatoms. The van der Waals surface area contributed by atoms with Gasteiger partial charge < -0.3 is 5.73 Å². The van der Waals surface area contributed by atoms with Gasteiger partial charge >= 0.3 is 0 Å². The molecule has 98 valence electrons. The molecule has 0 amide bonds. The van der Waals surface area contributed by atoms with E-state index in [0.29, 0.717) is 12.1 Å². The second kappa shape index (κ2) is 10.1. The van der Waals surface area contributed by atoms with Gasteiger partial charge in [0.25, 0.3) is 0 Å². The van der Waals surface area contributed by atoms with Crippen molar-refractivity contribution in [2.75, 3.05) is 13.1 Å². The highest BCUT2D eigenvalue weighted by Crippen LogP contribution is 2.15. The van der Waals surface area contributed by atoms with E-state index in [1.807, 2.05) is 0 Å². The lowest BCUT2D eigenvalue weighted by Crippen LogP contribution is -2.43. The van der Waals surface area contributed by atoms with Crippen LogP contribution < -0.4 is 5.73 Å². The van der Waals surface area contributed by atoms with E-state index < -0.39 is 0 Å². The predicted molar refractivity (Wildman–Crippen MR) is 73.7 cm³/mol. The monoisotopic (exact) mass is 228 g/mol. The minimum atomic E-state index is 0.690. The highest BCUT2D eigenvalue weighted by molar-refractivity contribution is 4.74. The van der Waals surface area contributed by atoms with E-state index >= 15 is 0 Å². The van der Waals surface area contributed by atoms with Gasteiger partial charge in [0.15, 0.2) is 0 Å². The molecule has 0 bridgehead atoms. The summed E-state index contributed by atoms with van der Waals surface area (Å²) >= 11 is 0. The molecule has 0 radical (unpaired) electrons. The van der Waals surface area contributed by atoms with Crippen LogP contribution in [0.2, 0.25) is 0 Å². The minimum Gasteiger partial charge on any atom is -0.329 e. The van der Waals surface area contributed by atoms with Gasteiger partial charge in [-0.25, -0.2) is 0 Å². The number of rotatable bonds is 10. The van der Waals surface area contributed by atoms with Crippen LogP contribution in [0.15, 0.2) is 0 Å². The molecule has 0 saturated heterocycles. The molecule has 0 fully saturated rings. The highest BCUT2D eigenvalue weighted by atomic mass is 15.2. The van der Waals surface area contributed by atoms with Gasteiger partial charge in [0, 0.05) is 25.2 Å². The third kappa shape index (κ3) is 6.49. The molecule has 2 atom stereocenters. The normalized spacial score (nSPS) is 15.4. The quantitative estimate of drug-likeness (QED) is 0.621. The molecule has 0 aromatic carbocycles. The van der Waals surface area contributed by atoms with Crippen molar-refractivity contribution >= 4 is 0 Å². The summed E-state index contributed by atoms with van der Waals surface area (Å²) in [6, 6.07) is 1.38. The Balaban J connectivity index is 4.10. The number of unbranched alkanes of at least 4 members (excludes halogenated alkanes) is 2. The van der Waals surface area contributed by atoms with Crippen LogP contribution in [0.25, 0.3) is 0 Å². The van der Waals surface area contributed by atoms with Crippen LogP contribution in [-0.2, 0) is 0 Å². The molecule has 0 heterocycles. The second-order valence-corrected chi connectivity index (χ2v) is 5.01. The summed E-state index contributed by atoms with van der Waals surface area (Å²) in [5.74, 6) is 0. The molecular weight excluding hydrogens is 196 g/mol. The summed E-state index contributed by atoms with van der Waals surface area (Å²) in [5, 5.41) is 0. The second-order valence-electron chi connectivity index (χ2n) is 5.01. The van der Waals surface area contributed by atoms with Crippen molar-refractivity contribution in [2.24, 2.45) is 5.73 Å². The average molecular weight is 228 g/mol. The Labute approximate surface area is 103 Å². The van der Waals surface area contributed by atoms with Crippen LogP contribution in [0, 0.1) is 0 Å². The molecule has 0 aliphatic carbocycles. The summed E-state index contributed by atoms with van der Waals surface area (Å²) in [6.45, 7) is 11.1. The first-order chi connectivity index (χ1) is 7.67. The maximum absolute atomic E-state index is 5.72. The smallest absolute Gasteiger partial charge is 0.0110 e. The fraction of sp³-hybridized carbons (Fsp3) is 1.00. The van der Waals surface area contributed by atoms with Crippen molar-refractivity contribution in [1.82, 2.24) is 4.90 Å². The van der Waals surface area contributed by atoms with Crippen molar-refractivity contribution in [1.29, 1.82) is 0 Å². The fourth-order valence-electron chi connectivity index (χ4n) is 2.35. The molecule has 0 aromatic heterocycles. The van der Waals surface area contributed by atoms with Gasteiger partial charge in [-0.15, -0.1) is 0 Å². The minimum absolute atomic E-state index is 0.690. The Kier molecular flexibility index (Phi) is 10.0. The molecule has 0 aromatic rings. The number of nitrogens with zero attached hydrogens (tertiary/aromatic N) is 1. The molecule has 16 heavy (non-hydrogen) atoms. The lowest BCUT2D eigenvalue weighted by atomic mass is 10.0. The zero-order chi connectivity index (χ0) is 12.4. The maximum Gasteiger partial charge on any atom is 0.0110 e. The van der Waals surface area contributed by atoms with Crippen LogP contribution in [0.1, 0.15) is 66.2 Å². The van der Waals surface area contributed by atoms with Gasteiger partial charge in [-0.05, 0) is 26.7 Å². The zero-order valence-electron chi connectivity index (χ0n) is 11.8. The zero-order valence-corrected chi connectivity index (χ0v) is 11.8. The topological polar surface area (TPSA) is 29.3 Å². The van der Waals surface area contributed by atoms with Crippen LogP contribution in [0.4, 0.5) is 0 Å². The molecule has 2 N–H and O–H groups in total. The van der Waals surface area contributed by atoms with Gasteiger partial charge in [0.05, 0.1) is 0 Å². The molecule has 2 unspecified atom stereocenters. The van der Waals surface area contributed by atoms with Gasteiger partial charge in [0.2, 0.25) is 0 Å². The van der Waals surface area contributed by atoms with Gasteiger partial charge in [-0.3, -0.25) is 4.90 Å². The summed E-state index contributed by atoms with van der Waals surface area (Å²) in [6.07, 6.45) is 7.89. The van der Waals surface area contributed by atoms with Crippen molar-refractivity contribution in [2.45, 2.75) is 78.3 Å². The van der Waals surface area contributed by atoms with Crippen molar-refractivity contribution in [3.8, 4) is 0 Å². The van der Waals surface area contributed by atoms with E-state index in [1.54, 1.807) is 0 Å². The molecule has 0 spiro atoms. The standard InChI is InChI=1S/C14H32N2/c1-5-7-9-13(3)16(12-11-15)14(4)10-8-6-2/h13-14H,5-12,15H2,1-4H3. The molecule has 0 aliphatic rings. The Morgan fingerprint density at radius 3 is 1.69 bits per heavy atom. The summed E-state index contributed by atoms with van der Waals surface area (Å²) in [7, 11) is 0. The molecular formula is C14H32N2. The summed E-state index contributed by atoms with van der Waals surface area (Å²) < 4.78 is 0. The Morgan fingerprint density at radius 2 is 1.38 bits per heavy atom. The number of hydrogen-bond donors (Lipinski definition) is 1. The van der Waals surface area contributed by atoms with Gasteiger partial charge in [-0.2, -0.15) is 0 Å². The first kappa shape index (κ1) is 15.9. The van der Waals surface area contributed by atoms with E-state index in [0.717, 1.165) is 13.1 Å². The van der Waals surface area contributed by atoms with Crippen LogP contribution in [-0.4, -0.2) is 30.1 Å². The Morgan fingerprint density at radius 1 is 0.938 bits per heavy atom. The predicted octanol–water partition coefficient (Wildman–Crippen LogP) is 3.40. The van der Waals surface area contributed by atoms with E-state index in [-0.39, 0.29) is 0 Å². The molecule has 0 saturated carbocycles. The summed E-state index contributed by atoms with van der Waals surface area (Å²) in [5.41, 5.74) is 5.72. The SMILES string of the molecule is CCCCC(C)N(CCN)C(C)CCCC. The van der Waals surface area contributed by atoms with E-state index in [2.05, 4.69) is 32.6 Å². The summed E-state index contributed by atoms with van der Waals surface area (Å²) in [4.78, 5) is 2.60. The number of nitrogens with two attached hydrogens (primary N) is 1. The van der Waals surface area contributed by atoms with E-state index in [9.17, 15) is 0 Å². The van der Waals surface area contributed by atoms with Crippen molar-refractivity contribution < 1.29 is 0 Å². The Hall–Kier alpha value is -0.0800. The molecule has 2 nitrogen and oxygen atoms in total. The number of hydrogen-bond acceptors (Lipinski definition) is 2. The van der Waals surface area contributed by atoms with Crippen LogP contribution in [0.5, 0.6) is 0 Å². The lowest BCUT2D eigenvalue weighted by Gasteiger charge is -2.34. The lowest BCUT2D eigenvalue weighted by molar-refractivity contribution is 0.140. The molecule has 0 rings (SSSR count). The van der Waals surface area contributed by atoms with Crippen molar-refractivity contribution in [3.63, 3.8) is 0 Å². The van der Waals surface area contributed by atoms with E-state index in [4.69, 9.17) is 5.73 Å². The Bertz CT molecular complexity index is 134. The van der Waals surface area contributed by atoms with Crippen molar-refractivity contribution in [3.05, 3.63) is 0 Å². The average Bonchev–Trinajstić information content (AvgIpc) is 2.29. The van der Waals surface area contributed by atoms with Crippen LogP contribution >= 0.6 is 0 Å². The third-order valence-electron chi connectivity index (χ3n) is 3.47. The first-order valence-electron chi connectivity index (χ1n) is 7.13. The maximum atomic E-state index is 5.72. The van der Waals surface area contributed by atoms with E-state index in [1.165, 1.54) is 38.5 Å². The fourth-order valence-corrected chi connectivity index (χ4v) is 2.35. The third-order valence-corrected chi connectivity index (χ3v) is 3.47. The highest BCUT2D eigenvalue weighted by Gasteiger charge is 2.18. The van der Waals surface area contributed by atoms with Gasteiger partial charge in [-0.1, -0.05) is 39.5 Å².